The van der Waals surface area contributed by atoms with Gasteiger partial charge in [-0.3, -0.25) is 4.40 Å². The molecule has 0 radical (unpaired) electrons. The van der Waals surface area contributed by atoms with Crippen LogP contribution in [-0.2, 0) is 16.6 Å². The van der Waals surface area contributed by atoms with Crippen molar-refractivity contribution in [2.75, 3.05) is 5.32 Å². The summed E-state index contributed by atoms with van der Waals surface area (Å²) in [7, 11) is -3.71. The van der Waals surface area contributed by atoms with Gasteiger partial charge in [-0.2, -0.15) is 0 Å². The summed E-state index contributed by atoms with van der Waals surface area (Å²) in [5, 5.41) is 8.29. The number of halogens is 1. The minimum Gasteiger partial charge on any atom is -0.363 e. The van der Waals surface area contributed by atoms with Crippen LogP contribution in [0.3, 0.4) is 0 Å². The van der Waals surface area contributed by atoms with Crippen LogP contribution in [0, 0.1) is 5.82 Å². The Hall–Kier alpha value is -3.30. The highest BCUT2D eigenvalue weighted by molar-refractivity contribution is 7.89. The Kier molecular flexibility index (Phi) is 4.54. The maximum absolute atomic E-state index is 13.5. The number of aromatic nitrogens is 3. The van der Waals surface area contributed by atoms with Crippen molar-refractivity contribution in [1.82, 2.24) is 14.4 Å². The third kappa shape index (κ3) is 3.57. The lowest BCUT2D eigenvalue weighted by molar-refractivity contribution is 0.597. The average Bonchev–Trinajstić information content (AvgIpc) is 3.11. The Morgan fingerprint density at radius 2 is 1.89 bits per heavy atom. The molecule has 0 unspecified atom stereocenters. The van der Waals surface area contributed by atoms with Crippen LogP contribution in [0.5, 0.6) is 0 Å². The molecule has 4 aromatic rings. The van der Waals surface area contributed by atoms with E-state index in [2.05, 4.69) is 15.3 Å². The normalized spacial score (nSPS) is 11.6. The molecule has 142 valence electrons. The second-order valence-electron chi connectivity index (χ2n) is 6.17. The van der Waals surface area contributed by atoms with Crippen LogP contribution in [0.2, 0.25) is 0 Å². The van der Waals surface area contributed by atoms with E-state index >= 15 is 0 Å². The van der Waals surface area contributed by atoms with E-state index in [1.165, 1.54) is 24.3 Å². The van der Waals surface area contributed by atoms with Gasteiger partial charge < -0.3 is 5.32 Å². The van der Waals surface area contributed by atoms with Crippen molar-refractivity contribution >= 4 is 21.5 Å². The van der Waals surface area contributed by atoms with E-state index in [1.54, 1.807) is 36.8 Å². The summed E-state index contributed by atoms with van der Waals surface area (Å²) in [5.74, 6) is 0.239. The fraction of sp³-hybridized carbons (Fsp3) is 0.0526. The third-order valence-electron chi connectivity index (χ3n) is 4.26. The number of nitrogens with zero attached hydrogens (tertiary/aromatic N) is 3. The van der Waals surface area contributed by atoms with E-state index < -0.39 is 10.0 Å². The number of fused-ring (bicyclic) bond motifs is 1. The minimum atomic E-state index is -3.71. The molecule has 0 spiro atoms. The van der Waals surface area contributed by atoms with Crippen LogP contribution in [0.25, 0.3) is 16.9 Å². The van der Waals surface area contributed by atoms with Crippen LogP contribution >= 0.6 is 0 Å². The summed E-state index contributed by atoms with van der Waals surface area (Å²) in [4.78, 5) is 8.78. The van der Waals surface area contributed by atoms with Gasteiger partial charge in [0.2, 0.25) is 10.0 Å². The molecule has 0 aliphatic heterocycles. The maximum Gasteiger partial charge on any atom is 0.238 e. The summed E-state index contributed by atoms with van der Waals surface area (Å²) in [5.41, 5.74) is 2.91. The first-order valence-corrected chi connectivity index (χ1v) is 9.90. The van der Waals surface area contributed by atoms with Gasteiger partial charge in [-0.05, 0) is 29.8 Å². The molecule has 7 nitrogen and oxygen atoms in total. The molecule has 0 atom stereocenters. The van der Waals surface area contributed by atoms with Crippen LogP contribution in [-0.4, -0.2) is 22.8 Å². The van der Waals surface area contributed by atoms with Crippen molar-refractivity contribution in [3.8, 4) is 11.3 Å². The molecule has 0 bridgehead atoms. The van der Waals surface area contributed by atoms with Gasteiger partial charge in [0.25, 0.3) is 0 Å². The van der Waals surface area contributed by atoms with Crippen molar-refractivity contribution in [3.05, 3.63) is 78.5 Å². The molecule has 0 amide bonds. The highest BCUT2D eigenvalue weighted by Gasteiger charge is 2.11. The van der Waals surface area contributed by atoms with E-state index in [0.717, 1.165) is 11.3 Å². The van der Waals surface area contributed by atoms with Gasteiger partial charge in [-0.25, -0.2) is 27.9 Å². The number of sulfonamides is 1. The molecule has 3 N–H and O–H groups in total. The summed E-state index contributed by atoms with van der Waals surface area (Å²) < 4.78 is 38.0. The van der Waals surface area contributed by atoms with Gasteiger partial charge in [0.15, 0.2) is 11.5 Å². The molecule has 4 rings (SSSR count). The summed E-state index contributed by atoms with van der Waals surface area (Å²) >= 11 is 0. The Bertz CT molecular complexity index is 1250. The second-order valence-corrected chi connectivity index (χ2v) is 7.73. The minimum absolute atomic E-state index is 0.0597. The van der Waals surface area contributed by atoms with E-state index in [-0.39, 0.29) is 10.7 Å². The van der Waals surface area contributed by atoms with Gasteiger partial charge >= 0.3 is 0 Å². The number of imidazole rings is 1. The molecule has 28 heavy (non-hydrogen) atoms. The quantitative estimate of drug-likeness (QED) is 0.539. The lowest BCUT2D eigenvalue weighted by Crippen LogP contribution is -2.12. The highest BCUT2D eigenvalue weighted by atomic mass is 32.2. The SMILES string of the molecule is NS(=O)(=O)c1ccc(CNc2nccn3c(-c4cccc(F)c4)cnc23)cc1. The zero-order valence-corrected chi connectivity index (χ0v) is 15.4. The summed E-state index contributed by atoms with van der Waals surface area (Å²) in [6, 6.07) is 12.6. The van der Waals surface area contributed by atoms with Crippen molar-refractivity contribution in [2.24, 2.45) is 5.14 Å². The molecule has 2 aromatic heterocycles. The highest BCUT2D eigenvalue weighted by Crippen LogP contribution is 2.24. The van der Waals surface area contributed by atoms with E-state index in [0.29, 0.717) is 23.6 Å². The Morgan fingerprint density at radius 1 is 1.11 bits per heavy atom. The van der Waals surface area contributed by atoms with Crippen molar-refractivity contribution < 1.29 is 12.8 Å². The average molecular weight is 397 g/mol. The van der Waals surface area contributed by atoms with Crippen LogP contribution in [0.15, 0.2) is 72.0 Å². The van der Waals surface area contributed by atoms with Crippen LogP contribution in [0.4, 0.5) is 10.2 Å². The molecule has 0 aliphatic carbocycles. The zero-order valence-electron chi connectivity index (χ0n) is 14.6. The molecule has 9 heteroatoms. The van der Waals surface area contributed by atoms with Crippen LogP contribution in [0.1, 0.15) is 5.56 Å². The van der Waals surface area contributed by atoms with E-state index in [1.807, 2.05) is 10.5 Å². The molecule has 2 heterocycles. The van der Waals surface area contributed by atoms with E-state index in [4.69, 9.17) is 5.14 Å². The lowest BCUT2D eigenvalue weighted by atomic mass is 10.1. The predicted octanol–water partition coefficient (Wildman–Crippen LogP) is 2.79. The first-order chi connectivity index (χ1) is 13.4. The zero-order chi connectivity index (χ0) is 19.7. The number of nitrogens with two attached hydrogens (primary N) is 1. The van der Waals surface area contributed by atoms with Crippen molar-refractivity contribution in [2.45, 2.75) is 11.4 Å². The largest absolute Gasteiger partial charge is 0.363 e. The van der Waals surface area contributed by atoms with Crippen molar-refractivity contribution in [1.29, 1.82) is 0 Å². The molecule has 0 saturated heterocycles. The monoisotopic (exact) mass is 397 g/mol. The number of hydrogen-bond acceptors (Lipinski definition) is 5. The van der Waals surface area contributed by atoms with Gasteiger partial charge in [0.05, 0.1) is 16.8 Å². The Labute approximate surface area is 160 Å². The van der Waals surface area contributed by atoms with Crippen molar-refractivity contribution in [3.63, 3.8) is 0 Å². The smallest absolute Gasteiger partial charge is 0.238 e. The first-order valence-electron chi connectivity index (χ1n) is 8.35. The second kappa shape index (κ2) is 7.02. The number of rotatable bonds is 5. The summed E-state index contributed by atoms with van der Waals surface area (Å²) in [6.07, 6.45) is 5.05. The molecular weight excluding hydrogens is 381 g/mol. The summed E-state index contributed by atoms with van der Waals surface area (Å²) in [6.45, 7) is 0.416. The number of hydrogen-bond donors (Lipinski definition) is 2. The predicted molar refractivity (Wildman–Crippen MR) is 104 cm³/mol. The van der Waals surface area contributed by atoms with Gasteiger partial charge in [-0.1, -0.05) is 24.3 Å². The third-order valence-corrected chi connectivity index (χ3v) is 5.19. The van der Waals surface area contributed by atoms with Gasteiger partial charge in [0, 0.05) is 24.5 Å². The van der Waals surface area contributed by atoms with Crippen LogP contribution < -0.4 is 10.5 Å². The number of primary sulfonamides is 1. The molecule has 0 fully saturated rings. The molecule has 2 aromatic carbocycles. The number of benzene rings is 2. The standard InChI is InChI=1S/C19H16FN5O2S/c20-15-3-1-2-14(10-15)17-12-24-19-18(22-8-9-25(17)19)23-11-13-4-6-16(7-5-13)28(21,26)27/h1-10,12H,11H2,(H,22,23)(H2,21,26,27). The molecular formula is C19H16FN5O2S. The van der Waals surface area contributed by atoms with Gasteiger partial charge in [-0.15, -0.1) is 0 Å². The topological polar surface area (TPSA) is 102 Å². The number of anilines is 1. The fourth-order valence-electron chi connectivity index (χ4n) is 2.89. The maximum atomic E-state index is 13.5. The molecule has 0 saturated carbocycles. The fourth-order valence-corrected chi connectivity index (χ4v) is 3.40. The molecule has 0 aliphatic rings. The Balaban J connectivity index is 1.60. The van der Waals surface area contributed by atoms with E-state index in [9.17, 15) is 12.8 Å². The van der Waals surface area contributed by atoms with Gasteiger partial charge in [0.1, 0.15) is 5.82 Å². The Morgan fingerprint density at radius 3 is 2.61 bits per heavy atom. The first kappa shape index (κ1) is 18.1. The lowest BCUT2D eigenvalue weighted by Gasteiger charge is -2.08. The number of nitrogens with one attached hydrogen (secondary N) is 1.